The van der Waals surface area contributed by atoms with Crippen molar-refractivity contribution in [1.29, 1.82) is 0 Å². The van der Waals surface area contributed by atoms with E-state index in [2.05, 4.69) is 10.6 Å². The normalized spacial score (nSPS) is 16.9. The van der Waals surface area contributed by atoms with Gasteiger partial charge in [-0.1, -0.05) is 24.3 Å². The molecule has 1 heterocycles. The van der Waals surface area contributed by atoms with Crippen molar-refractivity contribution >= 4 is 29.7 Å². The number of rotatable bonds is 12. The molecule has 1 aliphatic heterocycles. The van der Waals surface area contributed by atoms with Crippen LogP contribution in [0.1, 0.15) is 30.4 Å². The molecule has 0 aliphatic carbocycles. The van der Waals surface area contributed by atoms with E-state index < -0.39 is 60.2 Å². The Labute approximate surface area is 229 Å². The number of carbonyl (C=O) groups is 5. The van der Waals surface area contributed by atoms with Crippen molar-refractivity contribution in [3.05, 3.63) is 59.7 Å². The van der Waals surface area contributed by atoms with Gasteiger partial charge in [-0.2, -0.15) is 0 Å². The van der Waals surface area contributed by atoms with E-state index >= 15 is 0 Å². The minimum absolute atomic E-state index is 0.0235. The van der Waals surface area contributed by atoms with Gasteiger partial charge in [0, 0.05) is 13.0 Å². The fraction of sp³-hybridized carbons (Fsp3) is 0.370. The van der Waals surface area contributed by atoms with Crippen molar-refractivity contribution in [1.82, 2.24) is 15.5 Å². The zero-order chi connectivity index (χ0) is 29.4. The lowest BCUT2D eigenvalue weighted by atomic mass is 10.0. The molecule has 3 amide bonds. The Hall–Kier alpha value is -4.65. The number of amides is 3. The molecule has 0 aromatic heterocycles. The summed E-state index contributed by atoms with van der Waals surface area (Å²) in [6.07, 6.45) is -0.0581. The summed E-state index contributed by atoms with van der Waals surface area (Å²) >= 11 is 0. The summed E-state index contributed by atoms with van der Waals surface area (Å²) < 4.78 is 0. The molecule has 0 spiro atoms. The van der Waals surface area contributed by atoms with E-state index in [-0.39, 0.29) is 37.3 Å². The summed E-state index contributed by atoms with van der Waals surface area (Å²) in [6, 6.07) is 6.83. The Morgan fingerprint density at radius 3 is 1.93 bits per heavy atom. The van der Waals surface area contributed by atoms with Crippen LogP contribution in [-0.4, -0.2) is 85.7 Å². The summed E-state index contributed by atoms with van der Waals surface area (Å²) in [4.78, 5) is 63.6. The number of benzene rings is 2. The number of phenolic OH excluding ortho intramolecular Hbond substituents is 2. The minimum Gasteiger partial charge on any atom is -0.508 e. The number of hydrogen-bond donors (Lipinski definition) is 7. The van der Waals surface area contributed by atoms with Crippen LogP contribution in [0.4, 0.5) is 0 Å². The smallest absolute Gasteiger partial charge is 0.326 e. The van der Waals surface area contributed by atoms with Crippen LogP contribution in [0.2, 0.25) is 0 Å². The van der Waals surface area contributed by atoms with Crippen molar-refractivity contribution in [2.75, 3.05) is 6.54 Å². The molecule has 3 rings (SSSR count). The van der Waals surface area contributed by atoms with Crippen LogP contribution in [0.25, 0.3) is 0 Å². The maximum Gasteiger partial charge on any atom is 0.326 e. The molecule has 0 radical (unpaired) electrons. The highest BCUT2D eigenvalue weighted by Gasteiger charge is 2.38. The number of carboxylic acids is 2. The van der Waals surface area contributed by atoms with Crippen molar-refractivity contribution in [2.45, 2.75) is 56.3 Å². The topological polar surface area (TPSA) is 220 Å². The third kappa shape index (κ3) is 8.17. The van der Waals surface area contributed by atoms with Gasteiger partial charge in [0.2, 0.25) is 17.7 Å². The maximum absolute atomic E-state index is 13.1. The highest BCUT2D eigenvalue weighted by molar-refractivity contribution is 5.96. The average Bonchev–Trinajstić information content (AvgIpc) is 3.39. The number of hydrogen-bond acceptors (Lipinski definition) is 8. The van der Waals surface area contributed by atoms with Gasteiger partial charge in [-0.05, 0) is 54.7 Å². The molecule has 214 valence electrons. The van der Waals surface area contributed by atoms with Crippen LogP contribution in [-0.2, 0) is 36.8 Å². The lowest BCUT2D eigenvalue weighted by Gasteiger charge is -2.28. The standard InChI is InChI=1S/C27H32N4O9/c28-19(12-15-3-7-17(32)8-4-15)26(38)31-11-1-2-22(31)25(37)29-20(14-23(34)35)24(36)30-21(27(39)40)13-16-5-9-18(33)10-6-16/h3-10,19-22,32-33H,1-2,11-14,28H2,(H,29,37)(H,30,36)(H,34,35)(H,39,40). The quantitative estimate of drug-likeness (QED) is 0.181. The molecule has 8 N–H and O–H groups in total. The Morgan fingerprint density at radius 1 is 0.850 bits per heavy atom. The van der Waals surface area contributed by atoms with Gasteiger partial charge in [0.05, 0.1) is 12.5 Å². The maximum atomic E-state index is 13.1. The van der Waals surface area contributed by atoms with Gasteiger partial charge in [-0.25, -0.2) is 4.79 Å². The monoisotopic (exact) mass is 556 g/mol. The summed E-state index contributed by atoms with van der Waals surface area (Å²) in [5, 5.41) is 42.4. The number of nitrogens with one attached hydrogen (secondary N) is 2. The highest BCUT2D eigenvalue weighted by Crippen LogP contribution is 2.20. The molecule has 0 saturated carbocycles. The van der Waals surface area contributed by atoms with E-state index in [1.807, 2.05) is 0 Å². The number of phenols is 2. The lowest BCUT2D eigenvalue weighted by Crippen LogP contribution is -2.57. The Morgan fingerprint density at radius 2 is 1.40 bits per heavy atom. The van der Waals surface area contributed by atoms with Crippen LogP contribution in [0.5, 0.6) is 11.5 Å². The highest BCUT2D eigenvalue weighted by atomic mass is 16.4. The zero-order valence-corrected chi connectivity index (χ0v) is 21.5. The SMILES string of the molecule is NC(Cc1ccc(O)cc1)C(=O)N1CCCC1C(=O)NC(CC(=O)O)C(=O)NC(Cc1ccc(O)cc1)C(=O)O. The van der Waals surface area contributed by atoms with Gasteiger partial charge < -0.3 is 41.7 Å². The van der Waals surface area contributed by atoms with E-state index in [1.54, 1.807) is 12.1 Å². The second-order valence-corrected chi connectivity index (χ2v) is 9.60. The third-order valence-electron chi connectivity index (χ3n) is 6.55. The molecular weight excluding hydrogens is 524 g/mol. The zero-order valence-electron chi connectivity index (χ0n) is 21.5. The lowest BCUT2D eigenvalue weighted by molar-refractivity contribution is -0.144. The van der Waals surface area contributed by atoms with Crippen molar-refractivity contribution in [2.24, 2.45) is 5.73 Å². The molecule has 4 unspecified atom stereocenters. The van der Waals surface area contributed by atoms with E-state index in [0.29, 0.717) is 17.5 Å². The second kappa shape index (κ2) is 13.4. The van der Waals surface area contributed by atoms with Crippen LogP contribution in [0.3, 0.4) is 0 Å². The van der Waals surface area contributed by atoms with E-state index in [9.17, 15) is 44.4 Å². The summed E-state index contributed by atoms with van der Waals surface area (Å²) in [5.41, 5.74) is 7.30. The van der Waals surface area contributed by atoms with Gasteiger partial charge in [0.25, 0.3) is 0 Å². The molecule has 4 atom stereocenters. The minimum atomic E-state index is -1.60. The fourth-order valence-electron chi connectivity index (χ4n) is 4.48. The molecule has 2 aromatic carbocycles. The Bertz CT molecular complexity index is 1230. The molecular formula is C27H32N4O9. The first-order chi connectivity index (χ1) is 18.9. The van der Waals surface area contributed by atoms with Crippen LogP contribution in [0, 0.1) is 0 Å². The molecule has 2 aromatic rings. The summed E-state index contributed by atoms with van der Waals surface area (Å²) in [5.74, 6) is -5.00. The summed E-state index contributed by atoms with van der Waals surface area (Å²) in [6.45, 7) is 0.240. The molecule has 40 heavy (non-hydrogen) atoms. The Kier molecular flexibility index (Phi) is 10.0. The number of nitrogens with zero attached hydrogens (tertiary/aromatic N) is 1. The number of aromatic hydroxyl groups is 2. The van der Waals surface area contributed by atoms with Crippen molar-refractivity contribution in [3.63, 3.8) is 0 Å². The average molecular weight is 557 g/mol. The van der Waals surface area contributed by atoms with Crippen LogP contribution >= 0.6 is 0 Å². The third-order valence-corrected chi connectivity index (χ3v) is 6.55. The number of likely N-dealkylation sites (tertiary alicyclic amines) is 1. The number of carboxylic acid groups (broad SMARTS) is 2. The molecule has 13 heteroatoms. The molecule has 13 nitrogen and oxygen atoms in total. The number of aliphatic carboxylic acids is 2. The van der Waals surface area contributed by atoms with E-state index in [4.69, 9.17) is 5.73 Å². The van der Waals surface area contributed by atoms with Crippen molar-refractivity contribution in [3.8, 4) is 11.5 Å². The Balaban J connectivity index is 1.67. The molecule has 1 fully saturated rings. The number of nitrogens with two attached hydrogens (primary N) is 1. The van der Waals surface area contributed by atoms with E-state index in [0.717, 1.165) is 0 Å². The van der Waals surface area contributed by atoms with Gasteiger partial charge in [-0.3, -0.25) is 19.2 Å². The predicted octanol–water partition coefficient (Wildman–Crippen LogP) is -0.270. The van der Waals surface area contributed by atoms with Gasteiger partial charge in [0.15, 0.2) is 0 Å². The van der Waals surface area contributed by atoms with Crippen molar-refractivity contribution < 1.29 is 44.4 Å². The first-order valence-electron chi connectivity index (χ1n) is 12.6. The second-order valence-electron chi connectivity index (χ2n) is 9.60. The molecule has 1 saturated heterocycles. The number of carbonyl (C=O) groups excluding carboxylic acids is 3. The van der Waals surface area contributed by atoms with Gasteiger partial charge in [0.1, 0.15) is 29.6 Å². The van der Waals surface area contributed by atoms with Gasteiger partial charge in [-0.15, -0.1) is 0 Å². The van der Waals surface area contributed by atoms with Crippen LogP contribution in [0.15, 0.2) is 48.5 Å². The predicted molar refractivity (Wildman–Crippen MR) is 140 cm³/mol. The molecule has 0 bridgehead atoms. The fourth-order valence-corrected chi connectivity index (χ4v) is 4.48. The van der Waals surface area contributed by atoms with Gasteiger partial charge >= 0.3 is 11.9 Å². The summed E-state index contributed by atoms with van der Waals surface area (Å²) in [7, 11) is 0. The first-order valence-corrected chi connectivity index (χ1v) is 12.6. The molecule has 1 aliphatic rings. The van der Waals surface area contributed by atoms with E-state index in [1.165, 1.54) is 41.3 Å². The van der Waals surface area contributed by atoms with Crippen LogP contribution < -0.4 is 16.4 Å². The first kappa shape index (κ1) is 29.9. The largest absolute Gasteiger partial charge is 0.508 e.